The fourth-order valence-corrected chi connectivity index (χ4v) is 3.13. The van der Waals surface area contributed by atoms with E-state index < -0.39 is 0 Å². The molecule has 0 spiro atoms. The van der Waals surface area contributed by atoms with E-state index in [0.29, 0.717) is 11.7 Å². The maximum atomic E-state index is 12.0. The van der Waals surface area contributed by atoms with E-state index >= 15 is 0 Å². The van der Waals surface area contributed by atoms with E-state index in [4.69, 9.17) is 0 Å². The summed E-state index contributed by atoms with van der Waals surface area (Å²) in [6.07, 6.45) is 2.35. The van der Waals surface area contributed by atoms with Crippen LogP contribution in [0.25, 0.3) is 0 Å². The molecular weight excluding hydrogens is 244 g/mol. The van der Waals surface area contributed by atoms with Gasteiger partial charge < -0.3 is 9.80 Å². The van der Waals surface area contributed by atoms with Crippen molar-refractivity contribution in [3.05, 3.63) is 0 Å². The van der Waals surface area contributed by atoms with Crippen LogP contribution < -0.4 is 0 Å². The van der Waals surface area contributed by atoms with Gasteiger partial charge in [0.1, 0.15) is 0 Å². The number of piperidine rings is 1. The third-order valence-electron chi connectivity index (χ3n) is 3.81. The van der Waals surface area contributed by atoms with E-state index in [-0.39, 0.29) is 0 Å². The van der Waals surface area contributed by atoms with Crippen molar-refractivity contribution in [1.29, 1.82) is 0 Å². The van der Waals surface area contributed by atoms with Gasteiger partial charge in [0.2, 0.25) is 5.91 Å². The molecule has 0 N–H and O–H groups in total. The molecule has 0 bridgehead atoms. The number of nitrogens with zero attached hydrogens (tertiary/aromatic N) is 2. The summed E-state index contributed by atoms with van der Waals surface area (Å²) in [6, 6.07) is 0. The van der Waals surface area contributed by atoms with E-state index in [0.717, 1.165) is 44.4 Å². The Kier molecular flexibility index (Phi) is 7.75. The molecule has 1 fully saturated rings. The molecule has 0 aromatic heterocycles. The summed E-state index contributed by atoms with van der Waals surface area (Å²) >= 11 is 1.78. The second-order valence-electron chi connectivity index (χ2n) is 5.14. The Morgan fingerprint density at radius 3 is 2.44 bits per heavy atom. The first kappa shape index (κ1) is 15.8. The quantitative estimate of drug-likeness (QED) is 0.665. The highest BCUT2D eigenvalue weighted by Crippen LogP contribution is 2.17. The predicted molar refractivity (Wildman–Crippen MR) is 80.1 cm³/mol. The van der Waals surface area contributed by atoms with Crippen LogP contribution in [0.2, 0.25) is 0 Å². The highest BCUT2D eigenvalue weighted by molar-refractivity contribution is 7.99. The number of carbonyl (C=O) groups is 1. The third kappa shape index (κ3) is 5.61. The number of hydrogen-bond acceptors (Lipinski definition) is 3. The summed E-state index contributed by atoms with van der Waals surface area (Å²) in [5.74, 6) is 2.86. The minimum absolute atomic E-state index is 0.339. The van der Waals surface area contributed by atoms with E-state index in [1.807, 2.05) is 4.90 Å². The number of carbonyl (C=O) groups excluding carboxylic acids is 1. The Morgan fingerprint density at radius 1 is 1.28 bits per heavy atom. The highest BCUT2D eigenvalue weighted by atomic mass is 32.2. The minimum atomic E-state index is 0.339. The lowest BCUT2D eigenvalue weighted by Crippen LogP contribution is -2.39. The smallest absolute Gasteiger partial charge is 0.232 e. The number of amides is 1. The summed E-state index contributed by atoms with van der Waals surface area (Å²) < 4.78 is 0. The van der Waals surface area contributed by atoms with Crippen molar-refractivity contribution in [2.75, 3.05) is 44.2 Å². The van der Waals surface area contributed by atoms with Crippen LogP contribution in [0.4, 0.5) is 0 Å². The van der Waals surface area contributed by atoms with Gasteiger partial charge in [-0.1, -0.05) is 20.8 Å². The van der Waals surface area contributed by atoms with Crippen LogP contribution in [0.1, 0.15) is 33.6 Å². The number of likely N-dealkylation sites (tertiary alicyclic amines) is 1. The van der Waals surface area contributed by atoms with Crippen molar-refractivity contribution in [1.82, 2.24) is 9.80 Å². The van der Waals surface area contributed by atoms with Gasteiger partial charge in [0.15, 0.2) is 0 Å². The van der Waals surface area contributed by atoms with Gasteiger partial charge in [0.25, 0.3) is 0 Å². The molecule has 18 heavy (non-hydrogen) atoms. The molecule has 0 radical (unpaired) electrons. The molecule has 0 aromatic carbocycles. The molecule has 0 aromatic rings. The van der Waals surface area contributed by atoms with Crippen molar-refractivity contribution in [3.63, 3.8) is 0 Å². The van der Waals surface area contributed by atoms with Gasteiger partial charge >= 0.3 is 0 Å². The highest BCUT2D eigenvalue weighted by Gasteiger charge is 2.19. The lowest BCUT2D eigenvalue weighted by molar-refractivity contribution is -0.129. The summed E-state index contributed by atoms with van der Waals surface area (Å²) in [5.41, 5.74) is 0. The first-order valence-electron chi connectivity index (χ1n) is 7.25. The molecule has 1 amide bonds. The molecule has 1 aliphatic heterocycles. The van der Waals surface area contributed by atoms with Crippen molar-refractivity contribution in [3.8, 4) is 0 Å². The number of thioether (sulfide) groups is 1. The number of hydrogen-bond donors (Lipinski definition) is 0. The average molecular weight is 272 g/mol. The first-order chi connectivity index (χ1) is 8.67. The molecule has 1 saturated heterocycles. The lowest BCUT2D eigenvalue weighted by atomic mass is 9.99. The van der Waals surface area contributed by atoms with Crippen LogP contribution in [-0.2, 0) is 4.79 Å². The molecule has 106 valence electrons. The molecule has 0 aliphatic carbocycles. The van der Waals surface area contributed by atoms with Crippen molar-refractivity contribution >= 4 is 17.7 Å². The molecule has 0 unspecified atom stereocenters. The zero-order chi connectivity index (χ0) is 13.4. The van der Waals surface area contributed by atoms with Gasteiger partial charge in [-0.15, -0.1) is 0 Å². The van der Waals surface area contributed by atoms with Crippen molar-refractivity contribution in [2.24, 2.45) is 5.92 Å². The summed E-state index contributed by atoms with van der Waals surface area (Å²) in [7, 11) is 0. The molecule has 1 heterocycles. The van der Waals surface area contributed by atoms with Crippen LogP contribution in [-0.4, -0.2) is 59.9 Å². The standard InChI is InChI=1S/C14H28N2OS/c1-4-15(5-2)10-11-18-12-14(17)16-8-6-13(3)7-9-16/h13H,4-12H2,1-3H3. The Hall–Kier alpha value is -0.220. The monoisotopic (exact) mass is 272 g/mol. The fourth-order valence-electron chi connectivity index (χ4n) is 2.24. The summed E-state index contributed by atoms with van der Waals surface area (Å²) in [5, 5.41) is 0. The summed E-state index contributed by atoms with van der Waals surface area (Å²) in [4.78, 5) is 16.4. The maximum Gasteiger partial charge on any atom is 0.232 e. The minimum Gasteiger partial charge on any atom is -0.342 e. The van der Waals surface area contributed by atoms with Crippen LogP contribution in [0.15, 0.2) is 0 Å². The van der Waals surface area contributed by atoms with Gasteiger partial charge in [0.05, 0.1) is 5.75 Å². The summed E-state index contributed by atoms with van der Waals surface area (Å²) in [6.45, 7) is 11.9. The first-order valence-corrected chi connectivity index (χ1v) is 8.40. The normalized spacial score (nSPS) is 17.4. The second-order valence-corrected chi connectivity index (χ2v) is 6.25. The Bertz CT molecular complexity index is 236. The molecule has 3 nitrogen and oxygen atoms in total. The SMILES string of the molecule is CCN(CC)CCSCC(=O)N1CCC(C)CC1. The van der Waals surface area contributed by atoms with Gasteiger partial charge in [-0.05, 0) is 31.8 Å². The van der Waals surface area contributed by atoms with E-state index in [9.17, 15) is 4.79 Å². The molecule has 0 saturated carbocycles. The van der Waals surface area contributed by atoms with Crippen molar-refractivity contribution < 1.29 is 4.79 Å². The van der Waals surface area contributed by atoms with Crippen LogP contribution in [0.5, 0.6) is 0 Å². The van der Waals surface area contributed by atoms with Crippen LogP contribution in [0, 0.1) is 5.92 Å². The van der Waals surface area contributed by atoms with Gasteiger partial charge in [-0.2, -0.15) is 11.8 Å². The fraction of sp³-hybridized carbons (Fsp3) is 0.929. The zero-order valence-electron chi connectivity index (χ0n) is 12.2. The third-order valence-corrected chi connectivity index (χ3v) is 4.73. The Labute approximate surface area is 116 Å². The van der Waals surface area contributed by atoms with Crippen LogP contribution >= 0.6 is 11.8 Å². The van der Waals surface area contributed by atoms with Gasteiger partial charge in [-0.3, -0.25) is 4.79 Å². The van der Waals surface area contributed by atoms with Crippen molar-refractivity contribution in [2.45, 2.75) is 33.6 Å². The maximum absolute atomic E-state index is 12.0. The molecule has 1 aliphatic rings. The van der Waals surface area contributed by atoms with Gasteiger partial charge in [-0.25, -0.2) is 0 Å². The predicted octanol–water partition coefficient (Wildman–Crippen LogP) is 2.32. The topological polar surface area (TPSA) is 23.6 Å². The molecule has 1 rings (SSSR count). The number of rotatable bonds is 7. The lowest BCUT2D eigenvalue weighted by Gasteiger charge is -2.30. The molecule has 4 heteroatoms. The van der Waals surface area contributed by atoms with Crippen LogP contribution in [0.3, 0.4) is 0 Å². The largest absolute Gasteiger partial charge is 0.342 e. The Morgan fingerprint density at radius 2 is 1.89 bits per heavy atom. The molecule has 0 atom stereocenters. The van der Waals surface area contributed by atoms with Gasteiger partial charge in [0, 0.05) is 25.4 Å². The second kappa shape index (κ2) is 8.81. The zero-order valence-corrected chi connectivity index (χ0v) is 13.0. The Balaban J connectivity index is 2.10. The average Bonchev–Trinajstić information content (AvgIpc) is 2.39. The molecular formula is C14H28N2OS. The van der Waals surface area contributed by atoms with E-state index in [2.05, 4.69) is 25.7 Å². The van der Waals surface area contributed by atoms with E-state index in [1.165, 1.54) is 12.8 Å². The van der Waals surface area contributed by atoms with E-state index in [1.54, 1.807) is 11.8 Å².